The minimum absolute atomic E-state index is 0.210. The molecule has 0 heterocycles. The Hall–Kier alpha value is -3.58. The Kier molecular flexibility index (Phi) is 4.00. The molecule has 0 aromatic heterocycles. The zero-order chi connectivity index (χ0) is 17.1. The molecule has 0 aliphatic rings. The van der Waals surface area contributed by atoms with E-state index in [-0.39, 0.29) is 16.7 Å². The molecule has 0 bridgehead atoms. The third kappa shape index (κ3) is 2.83. The molecule has 0 aliphatic heterocycles. The fourth-order valence-corrected chi connectivity index (χ4v) is 2.52. The quantitative estimate of drug-likeness (QED) is 0.708. The van der Waals surface area contributed by atoms with Gasteiger partial charge in [-0.2, -0.15) is 0 Å². The van der Waals surface area contributed by atoms with Crippen LogP contribution in [-0.4, -0.2) is 22.2 Å². The average molecular weight is 316 g/mol. The van der Waals surface area contributed by atoms with Crippen LogP contribution in [0, 0.1) is 11.8 Å². The number of fused-ring (bicyclic) bond motifs is 1. The van der Waals surface area contributed by atoms with Crippen molar-refractivity contribution >= 4 is 22.7 Å². The minimum atomic E-state index is -1.31. The van der Waals surface area contributed by atoms with Crippen LogP contribution in [0.4, 0.5) is 0 Å². The average Bonchev–Trinajstić information content (AvgIpc) is 2.59. The van der Waals surface area contributed by atoms with Crippen molar-refractivity contribution in [3.05, 3.63) is 82.9 Å². The molecule has 24 heavy (non-hydrogen) atoms. The number of rotatable bonds is 2. The molecule has 0 saturated carbocycles. The Morgan fingerprint density at radius 2 is 1.46 bits per heavy atom. The van der Waals surface area contributed by atoms with Crippen molar-refractivity contribution < 1.29 is 19.8 Å². The second kappa shape index (κ2) is 6.27. The van der Waals surface area contributed by atoms with E-state index >= 15 is 0 Å². The standard InChI is InChI=1S/C20H12O4/c21-19(22)17-12-14-8-4-5-9-15(14)16(18(17)20(23)24)11-10-13-6-2-1-3-7-13/h1-9,12H,(H,21,22)(H,23,24). The molecule has 0 atom stereocenters. The Balaban J connectivity index is 2.35. The molecule has 116 valence electrons. The van der Waals surface area contributed by atoms with Crippen molar-refractivity contribution in [2.75, 3.05) is 0 Å². The molecule has 3 aromatic carbocycles. The van der Waals surface area contributed by atoms with E-state index in [1.807, 2.05) is 18.2 Å². The molecular weight excluding hydrogens is 304 g/mol. The second-order valence-electron chi connectivity index (χ2n) is 5.12. The zero-order valence-electron chi connectivity index (χ0n) is 12.5. The van der Waals surface area contributed by atoms with Gasteiger partial charge in [-0.25, -0.2) is 9.59 Å². The number of carbonyl (C=O) groups is 2. The summed E-state index contributed by atoms with van der Waals surface area (Å²) in [6.45, 7) is 0. The van der Waals surface area contributed by atoms with Crippen molar-refractivity contribution in [3.8, 4) is 11.8 Å². The predicted octanol–water partition coefficient (Wildman–Crippen LogP) is 3.64. The van der Waals surface area contributed by atoms with Gasteiger partial charge in [-0.05, 0) is 29.0 Å². The fourth-order valence-electron chi connectivity index (χ4n) is 2.52. The number of aromatic carboxylic acids is 2. The number of hydrogen-bond acceptors (Lipinski definition) is 2. The molecule has 0 unspecified atom stereocenters. The molecule has 3 aromatic rings. The summed E-state index contributed by atoms with van der Waals surface area (Å²) in [7, 11) is 0. The third-order valence-electron chi connectivity index (χ3n) is 3.60. The van der Waals surface area contributed by atoms with Crippen molar-refractivity contribution in [3.63, 3.8) is 0 Å². The molecule has 3 rings (SSSR count). The molecule has 0 fully saturated rings. The number of benzene rings is 3. The lowest BCUT2D eigenvalue weighted by atomic mass is 9.94. The van der Waals surface area contributed by atoms with E-state index in [0.717, 1.165) is 5.56 Å². The Labute approximate surface area is 138 Å². The van der Waals surface area contributed by atoms with Gasteiger partial charge >= 0.3 is 11.9 Å². The van der Waals surface area contributed by atoms with Crippen LogP contribution in [0.2, 0.25) is 0 Å². The fraction of sp³-hybridized carbons (Fsp3) is 0. The van der Waals surface area contributed by atoms with Crippen LogP contribution in [0.3, 0.4) is 0 Å². The van der Waals surface area contributed by atoms with Gasteiger partial charge in [0.05, 0.1) is 11.1 Å². The van der Waals surface area contributed by atoms with Crippen LogP contribution in [0.15, 0.2) is 60.7 Å². The maximum absolute atomic E-state index is 11.7. The summed E-state index contributed by atoms with van der Waals surface area (Å²) in [4.78, 5) is 23.2. The highest BCUT2D eigenvalue weighted by molar-refractivity contribution is 6.09. The SMILES string of the molecule is O=C(O)c1cc2ccccc2c(C#Cc2ccccc2)c1C(=O)O. The lowest BCUT2D eigenvalue weighted by Crippen LogP contribution is -2.11. The number of carboxylic acids is 2. The summed E-state index contributed by atoms with van der Waals surface area (Å²) in [5.41, 5.74) is 0.378. The summed E-state index contributed by atoms with van der Waals surface area (Å²) in [6, 6.07) is 17.5. The highest BCUT2D eigenvalue weighted by atomic mass is 16.4. The van der Waals surface area contributed by atoms with E-state index in [9.17, 15) is 19.8 Å². The summed E-state index contributed by atoms with van der Waals surface area (Å²) < 4.78 is 0. The molecule has 0 amide bonds. The largest absolute Gasteiger partial charge is 0.478 e. The highest BCUT2D eigenvalue weighted by Gasteiger charge is 2.22. The van der Waals surface area contributed by atoms with E-state index in [1.165, 1.54) is 6.07 Å². The summed E-state index contributed by atoms with van der Waals surface area (Å²) in [6.07, 6.45) is 0. The normalized spacial score (nSPS) is 10.0. The lowest BCUT2D eigenvalue weighted by molar-refractivity contribution is 0.0651. The maximum Gasteiger partial charge on any atom is 0.337 e. The van der Waals surface area contributed by atoms with Crippen LogP contribution in [0.25, 0.3) is 10.8 Å². The first kappa shape index (κ1) is 15.3. The van der Waals surface area contributed by atoms with Gasteiger partial charge in [0.2, 0.25) is 0 Å². The van der Waals surface area contributed by atoms with Crippen LogP contribution >= 0.6 is 0 Å². The monoisotopic (exact) mass is 316 g/mol. The van der Waals surface area contributed by atoms with Gasteiger partial charge in [0.25, 0.3) is 0 Å². The van der Waals surface area contributed by atoms with Gasteiger partial charge in [0.1, 0.15) is 0 Å². The molecule has 0 spiro atoms. The van der Waals surface area contributed by atoms with E-state index in [2.05, 4.69) is 11.8 Å². The lowest BCUT2D eigenvalue weighted by Gasteiger charge is -2.09. The van der Waals surface area contributed by atoms with Crippen molar-refractivity contribution in [2.45, 2.75) is 0 Å². The van der Waals surface area contributed by atoms with E-state index in [0.29, 0.717) is 10.8 Å². The zero-order valence-corrected chi connectivity index (χ0v) is 12.5. The topological polar surface area (TPSA) is 74.6 Å². The first-order valence-electron chi connectivity index (χ1n) is 7.17. The first-order valence-corrected chi connectivity index (χ1v) is 7.17. The van der Waals surface area contributed by atoms with Gasteiger partial charge in [0.15, 0.2) is 0 Å². The van der Waals surface area contributed by atoms with Gasteiger partial charge in [-0.1, -0.05) is 54.3 Å². The Morgan fingerprint density at radius 3 is 2.12 bits per heavy atom. The van der Waals surface area contributed by atoms with Gasteiger partial charge in [-0.15, -0.1) is 0 Å². The second-order valence-corrected chi connectivity index (χ2v) is 5.12. The van der Waals surface area contributed by atoms with Crippen molar-refractivity contribution in [1.82, 2.24) is 0 Å². The predicted molar refractivity (Wildman–Crippen MR) is 90.3 cm³/mol. The minimum Gasteiger partial charge on any atom is -0.478 e. The van der Waals surface area contributed by atoms with Crippen molar-refractivity contribution in [1.29, 1.82) is 0 Å². The van der Waals surface area contributed by atoms with Gasteiger partial charge in [0, 0.05) is 11.1 Å². The molecule has 0 aliphatic carbocycles. The van der Waals surface area contributed by atoms with Crippen LogP contribution < -0.4 is 0 Å². The van der Waals surface area contributed by atoms with Crippen molar-refractivity contribution in [2.24, 2.45) is 0 Å². The molecule has 4 heteroatoms. The molecule has 0 saturated heterocycles. The first-order chi connectivity index (χ1) is 11.6. The van der Waals surface area contributed by atoms with Gasteiger partial charge in [-0.3, -0.25) is 0 Å². The molecule has 0 radical (unpaired) electrons. The van der Waals surface area contributed by atoms with E-state index in [4.69, 9.17) is 0 Å². The molecular formula is C20H12O4. The third-order valence-corrected chi connectivity index (χ3v) is 3.60. The summed E-state index contributed by atoms with van der Waals surface area (Å²) in [5.74, 6) is 3.16. The number of carboxylic acid groups (broad SMARTS) is 2. The van der Waals surface area contributed by atoms with Gasteiger partial charge < -0.3 is 10.2 Å². The van der Waals surface area contributed by atoms with E-state index in [1.54, 1.807) is 36.4 Å². The van der Waals surface area contributed by atoms with Crippen LogP contribution in [0.5, 0.6) is 0 Å². The smallest absolute Gasteiger partial charge is 0.337 e. The number of hydrogen-bond donors (Lipinski definition) is 2. The Bertz CT molecular complexity index is 1010. The summed E-state index contributed by atoms with van der Waals surface area (Å²) >= 11 is 0. The molecule has 2 N–H and O–H groups in total. The van der Waals surface area contributed by atoms with Crippen LogP contribution in [-0.2, 0) is 0 Å². The Morgan fingerprint density at radius 1 is 0.792 bits per heavy atom. The summed E-state index contributed by atoms with van der Waals surface area (Å²) in [5, 5.41) is 20.1. The van der Waals surface area contributed by atoms with Crippen LogP contribution in [0.1, 0.15) is 31.8 Å². The molecule has 4 nitrogen and oxygen atoms in total. The van der Waals surface area contributed by atoms with E-state index < -0.39 is 11.9 Å². The maximum atomic E-state index is 11.7. The highest BCUT2D eigenvalue weighted by Crippen LogP contribution is 2.26.